The van der Waals surface area contributed by atoms with Crippen LogP contribution in [0.2, 0.25) is 0 Å². The van der Waals surface area contributed by atoms with Crippen LogP contribution in [-0.2, 0) is 13.0 Å². The summed E-state index contributed by atoms with van der Waals surface area (Å²) in [7, 11) is 0. The smallest absolute Gasteiger partial charge is 0.272 e. The lowest BCUT2D eigenvalue weighted by atomic mass is 10.3. The number of nitro benzene ring substituents is 1. The van der Waals surface area contributed by atoms with Crippen molar-refractivity contribution in [3.8, 4) is 0 Å². The summed E-state index contributed by atoms with van der Waals surface area (Å²) in [6, 6.07) is 10.7. The molecule has 1 aromatic carbocycles. The first-order valence-corrected chi connectivity index (χ1v) is 6.25. The number of nitrogens with zero attached hydrogens (tertiary/aromatic N) is 4. The van der Waals surface area contributed by atoms with Gasteiger partial charge in [-0.1, -0.05) is 24.0 Å². The SMILES string of the molecule is O=[N+]([O-])c1cccc2nc(CC[n+]3ccccc3)[n-]c12. The van der Waals surface area contributed by atoms with Crippen molar-refractivity contribution in [3.05, 3.63) is 64.7 Å². The first kappa shape index (κ1) is 12.3. The maximum absolute atomic E-state index is 10.9. The molecule has 3 aromatic rings. The molecule has 0 atom stereocenters. The van der Waals surface area contributed by atoms with E-state index in [1.54, 1.807) is 12.1 Å². The van der Waals surface area contributed by atoms with Gasteiger partial charge in [0.05, 0.1) is 4.92 Å². The molecule has 0 amide bonds. The number of aryl methyl sites for hydroxylation is 2. The highest BCUT2D eigenvalue weighted by atomic mass is 16.6. The number of rotatable bonds is 4. The highest BCUT2D eigenvalue weighted by Crippen LogP contribution is 2.22. The highest BCUT2D eigenvalue weighted by molar-refractivity contribution is 5.84. The maximum Gasteiger partial charge on any atom is 0.272 e. The average Bonchev–Trinajstić information content (AvgIpc) is 2.88. The molecular weight excluding hydrogens is 256 g/mol. The number of aromatic nitrogens is 3. The van der Waals surface area contributed by atoms with Crippen molar-refractivity contribution in [1.29, 1.82) is 0 Å². The predicted octanol–water partition coefficient (Wildman–Crippen LogP) is 1.63. The Hall–Kier alpha value is -2.76. The van der Waals surface area contributed by atoms with Crippen LogP contribution in [0.4, 0.5) is 5.69 Å². The van der Waals surface area contributed by atoms with Crippen LogP contribution in [0.25, 0.3) is 11.0 Å². The van der Waals surface area contributed by atoms with Crippen molar-refractivity contribution in [1.82, 2.24) is 9.97 Å². The molecule has 0 bridgehead atoms. The lowest BCUT2D eigenvalue weighted by Crippen LogP contribution is -2.33. The molecule has 6 nitrogen and oxygen atoms in total. The van der Waals surface area contributed by atoms with Crippen molar-refractivity contribution in [3.63, 3.8) is 0 Å². The summed E-state index contributed by atoms with van der Waals surface area (Å²) >= 11 is 0. The molecule has 0 fully saturated rings. The Balaban J connectivity index is 1.86. The van der Waals surface area contributed by atoms with Gasteiger partial charge in [-0.3, -0.25) is 10.1 Å². The molecule has 6 heteroatoms. The van der Waals surface area contributed by atoms with E-state index in [1.165, 1.54) is 6.07 Å². The van der Waals surface area contributed by atoms with Gasteiger partial charge in [-0.15, -0.1) is 0 Å². The summed E-state index contributed by atoms with van der Waals surface area (Å²) in [5.41, 5.74) is 0.950. The van der Waals surface area contributed by atoms with E-state index in [4.69, 9.17) is 0 Å². The third kappa shape index (κ3) is 2.35. The fourth-order valence-corrected chi connectivity index (χ4v) is 2.09. The number of non-ortho nitro benzene ring substituents is 1. The molecule has 3 rings (SSSR count). The highest BCUT2D eigenvalue weighted by Gasteiger charge is 2.09. The molecule has 2 heterocycles. The van der Waals surface area contributed by atoms with Crippen molar-refractivity contribution < 1.29 is 9.49 Å². The number of fused-ring (bicyclic) bond motifs is 1. The molecule has 0 spiro atoms. The standard InChI is InChI=1S/C14H12N4O2/c19-18(20)12-6-4-5-11-14(12)16-13(15-11)7-10-17-8-2-1-3-9-17/h1-6,8-9H,7,10H2. The summed E-state index contributed by atoms with van der Waals surface area (Å²) in [4.78, 5) is 19.1. The van der Waals surface area contributed by atoms with Crippen LogP contribution in [0.1, 0.15) is 5.82 Å². The number of hydrogen-bond acceptors (Lipinski definition) is 3. The molecular formula is C14H12N4O2. The van der Waals surface area contributed by atoms with Crippen LogP contribution in [-0.4, -0.2) is 9.91 Å². The van der Waals surface area contributed by atoms with Crippen LogP contribution >= 0.6 is 0 Å². The average molecular weight is 268 g/mol. The van der Waals surface area contributed by atoms with Crippen molar-refractivity contribution in [2.24, 2.45) is 0 Å². The molecule has 0 aliphatic rings. The Kier molecular flexibility index (Phi) is 3.12. The number of benzene rings is 1. The van der Waals surface area contributed by atoms with E-state index in [9.17, 15) is 10.1 Å². The van der Waals surface area contributed by atoms with Gasteiger partial charge in [0.1, 0.15) is 0 Å². The van der Waals surface area contributed by atoms with Crippen LogP contribution < -0.4 is 9.55 Å². The lowest BCUT2D eigenvalue weighted by Gasteiger charge is -2.00. The van der Waals surface area contributed by atoms with Crippen molar-refractivity contribution in [2.45, 2.75) is 13.0 Å². The third-order valence-corrected chi connectivity index (χ3v) is 3.05. The molecule has 0 N–H and O–H groups in total. The van der Waals surface area contributed by atoms with Crippen LogP contribution in [0.5, 0.6) is 0 Å². The van der Waals surface area contributed by atoms with Gasteiger partial charge in [-0.25, -0.2) is 4.57 Å². The van der Waals surface area contributed by atoms with E-state index in [0.717, 1.165) is 6.54 Å². The second-order valence-electron chi connectivity index (χ2n) is 4.41. The van der Waals surface area contributed by atoms with Gasteiger partial charge >= 0.3 is 0 Å². The van der Waals surface area contributed by atoms with Crippen LogP contribution in [0, 0.1) is 10.1 Å². The lowest BCUT2D eigenvalue weighted by molar-refractivity contribution is -0.696. The summed E-state index contributed by atoms with van der Waals surface area (Å²) in [6.07, 6.45) is 4.57. The summed E-state index contributed by atoms with van der Waals surface area (Å²) in [6.45, 7) is 0.741. The zero-order valence-corrected chi connectivity index (χ0v) is 10.6. The Morgan fingerprint density at radius 3 is 2.75 bits per heavy atom. The number of hydrogen-bond donors (Lipinski definition) is 0. The quantitative estimate of drug-likeness (QED) is 0.409. The van der Waals surface area contributed by atoms with E-state index in [0.29, 0.717) is 23.3 Å². The van der Waals surface area contributed by atoms with Crippen molar-refractivity contribution >= 4 is 16.7 Å². The molecule has 100 valence electrons. The van der Waals surface area contributed by atoms with Crippen LogP contribution in [0.3, 0.4) is 0 Å². The first-order chi connectivity index (χ1) is 9.74. The fourth-order valence-electron chi connectivity index (χ4n) is 2.09. The Morgan fingerprint density at radius 2 is 2.00 bits per heavy atom. The molecule has 2 aromatic heterocycles. The Labute approximate surface area is 114 Å². The normalized spacial score (nSPS) is 10.8. The monoisotopic (exact) mass is 268 g/mol. The largest absolute Gasteiger partial charge is 0.439 e. The molecule has 0 aliphatic carbocycles. The molecule has 0 saturated carbocycles. The van der Waals surface area contributed by atoms with Gasteiger partial charge in [0.25, 0.3) is 5.69 Å². The number of imidazole rings is 1. The zero-order chi connectivity index (χ0) is 13.9. The van der Waals surface area contributed by atoms with E-state index in [2.05, 4.69) is 9.97 Å². The second-order valence-corrected chi connectivity index (χ2v) is 4.41. The number of nitro groups is 1. The van der Waals surface area contributed by atoms with Gasteiger partial charge in [-0.05, 0) is 5.52 Å². The molecule has 0 unspecified atom stereocenters. The Morgan fingerprint density at radius 1 is 1.20 bits per heavy atom. The van der Waals surface area contributed by atoms with E-state index >= 15 is 0 Å². The van der Waals surface area contributed by atoms with Gasteiger partial charge in [0, 0.05) is 30.1 Å². The molecule has 0 saturated heterocycles. The zero-order valence-electron chi connectivity index (χ0n) is 10.6. The van der Waals surface area contributed by atoms with E-state index < -0.39 is 4.92 Å². The van der Waals surface area contributed by atoms with E-state index in [1.807, 2.05) is 35.2 Å². The minimum Gasteiger partial charge on any atom is -0.439 e. The van der Waals surface area contributed by atoms with Gasteiger partial charge in [-0.2, -0.15) is 0 Å². The topological polar surface area (TPSA) is 74.0 Å². The predicted molar refractivity (Wildman–Crippen MR) is 72.1 cm³/mol. The Bertz CT molecular complexity index is 752. The number of pyridine rings is 1. The van der Waals surface area contributed by atoms with Gasteiger partial charge in [0.15, 0.2) is 18.9 Å². The molecule has 0 aliphatic heterocycles. The van der Waals surface area contributed by atoms with E-state index in [-0.39, 0.29) is 5.69 Å². The summed E-state index contributed by atoms with van der Waals surface area (Å²) in [5, 5.41) is 10.9. The second kappa shape index (κ2) is 5.08. The van der Waals surface area contributed by atoms with Gasteiger partial charge in [0.2, 0.25) is 0 Å². The fraction of sp³-hybridized carbons (Fsp3) is 0.143. The molecule has 20 heavy (non-hydrogen) atoms. The molecule has 0 radical (unpaired) electrons. The minimum absolute atomic E-state index is 0.00798. The van der Waals surface area contributed by atoms with Gasteiger partial charge < -0.3 is 9.97 Å². The maximum atomic E-state index is 10.9. The number of para-hydroxylation sites is 1. The third-order valence-electron chi connectivity index (χ3n) is 3.05. The first-order valence-electron chi connectivity index (χ1n) is 6.25. The van der Waals surface area contributed by atoms with Crippen molar-refractivity contribution in [2.75, 3.05) is 0 Å². The minimum atomic E-state index is -0.424. The summed E-state index contributed by atoms with van der Waals surface area (Å²) < 4.78 is 2.02. The van der Waals surface area contributed by atoms with Crippen LogP contribution in [0.15, 0.2) is 48.8 Å². The summed E-state index contributed by atoms with van der Waals surface area (Å²) in [5.74, 6) is 0.630.